The van der Waals surface area contributed by atoms with Crippen molar-refractivity contribution >= 4 is 11.6 Å². The summed E-state index contributed by atoms with van der Waals surface area (Å²) < 4.78 is 0. The first kappa shape index (κ1) is 15.0. The molecular weight excluding hydrogens is 286 g/mol. The smallest absolute Gasteiger partial charge is 0.253 e. The number of hydrogen-bond donors (Lipinski definition) is 1. The minimum atomic E-state index is 0.219. The number of piperidine rings is 2. The van der Waals surface area contributed by atoms with Crippen LogP contribution in [0.3, 0.4) is 0 Å². The number of amides is 1. The van der Waals surface area contributed by atoms with Crippen molar-refractivity contribution in [2.24, 2.45) is 0 Å². The van der Waals surface area contributed by atoms with Gasteiger partial charge in [0, 0.05) is 36.9 Å². The van der Waals surface area contributed by atoms with E-state index in [2.05, 4.69) is 27.2 Å². The Hall–Kier alpha value is -1.55. The van der Waals surface area contributed by atoms with Gasteiger partial charge in [0.1, 0.15) is 0 Å². The Kier molecular flexibility index (Phi) is 4.25. The SMILES string of the molecule is O=C(c1ccc2c(c1)CCN2)N1CCC(N2CCCCC2)CC1. The number of carbonyl (C=O) groups excluding carboxylic acids is 1. The Morgan fingerprint density at radius 3 is 2.61 bits per heavy atom. The van der Waals surface area contributed by atoms with Gasteiger partial charge in [0.2, 0.25) is 0 Å². The molecule has 2 saturated heterocycles. The van der Waals surface area contributed by atoms with Crippen molar-refractivity contribution in [2.45, 2.75) is 44.6 Å². The zero-order chi connectivity index (χ0) is 15.6. The number of anilines is 1. The quantitative estimate of drug-likeness (QED) is 0.912. The van der Waals surface area contributed by atoms with Gasteiger partial charge in [-0.2, -0.15) is 0 Å². The minimum Gasteiger partial charge on any atom is -0.384 e. The molecule has 1 aromatic rings. The van der Waals surface area contributed by atoms with Crippen molar-refractivity contribution in [1.82, 2.24) is 9.80 Å². The topological polar surface area (TPSA) is 35.6 Å². The molecule has 0 aromatic heterocycles. The molecule has 3 aliphatic heterocycles. The molecule has 1 N–H and O–H groups in total. The van der Waals surface area contributed by atoms with Gasteiger partial charge in [-0.3, -0.25) is 4.79 Å². The van der Waals surface area contributed by atoms with Gasteiger partial charge in [-0.1, -0.05) is 6.42 Å². The fourth-order valence-electron chi connectivity index (χ4n) is 4.34. The van der Waals surface area contributed by atoms with Crippen LogP contribution in [0.25, 0.3) is 0 Å². The summed E-state index contributed by atoms with van der Waals surface area (Å²) in [5.41, 5.74) is 3.35. The Bertz CT molecular complexity index is 572. The van der Waals surface area contributed by atoms with Crippen LogP contribution in [0, 0.1) is 0 Å². The zero-order valence-corrected chi connectivity index (χ0v) is 13.9. The lowest BCUT2D eigenvalue weighted by Crippen LogP contribution is -2.48. The number of carbonyl (C=O) groups is 1. The van der Waals surface area contributed by atoms with E-state index in [0.717, 1.165) is 44.5 Å². The molecule has 0 bridgehead atoms. The standard InChI is InChI=1S/C19H27N3O/c23-19(16-4-5-18-15(14-16)6-9-20-18)22-12-7-17(8-13-22)21-10-2-1-3-11-21/h4-5,14,17,20H,1-3,6-13H2. The first-order chi connectivity index (χ1) is 11.3. The van der Waals surface area contributed by atoms with Crippen LogP contribution in [-0.2, 0) is 6.42 Å². The molecule has 0 spiro atoms. The van der Waals surface area contributed by atoms with E-state index in [-0.39, 0.29) is 5.91 Å². The molecule has 0 radical (unpaired) electrons. The maximum atomic E-state index is 12.8. The number of benzene rings is 1. The molecule has 0 saturated carbocycles. The number of likely N-dealkylation sites (tertiary alicyclic amines) is 2. The lowest BCUT2D eigenvalue weighted by atomic mass is 9.99. The molecule has 23 heavy (non-hydrogen) atoms. The van der Waals surface area contributed by atoms with Gasteiger partial charge in [-0.05, 0) is 69.0 Å². The van der Waals surface area contributed by atoms with E-state index in [9.17, 15) is 4.79 Å². The van der Waals surface area contributed by atoms with Crippen LogP contribution in [0.1, 0.15) is 48.0 Å². The second kappa shape index (κ2) is 6.52. The first-order valence-electron chi connectivity index (χ1n) is 9.21. The van der Waals surface area contributed by atoms with Gasteiger partial charge in [-0.25, -0.2) is 0 Å². The molecule has 3 aliphatic rings. The van der Waals surface area contributed by atoms with Crippen LogP contribution in [0.2, 0.25) is 0 Å². The fraction of sp³-hybridized carbons (Fsp3) is 0.632. The first-order valence-corrected chi connectivity index (χ1v) is 9.21. The van der Waals surface area contributed by atoms with E-state index < -0.39 is 0 Å². The lowest BCUT2D eigenvalue weighted by Gasteiger charge is -2.40. The lowest BCUT2D eigenvalue weighted by molar-refractivity contribution is 0.0590. The summed E-state index contributed by atoms with van der Waals surface area (Å²) in [4.78, 5) is 17.5. The van der Waals surface area contributed by atoms with Crippen molar-refractivity contribution in [3.8, 4) is 0 Å². The molecule has 0 aliphatic carbocycles. The summed E-state index contributed by atoms with van der Waals surface area (Å²) in [6.07, 6.45) is 7.40. The molecule has 1 amide bonds. The van der Waals surface area contributed by atoms with Gasteiger partial charge < -0.3 is 15.1 Å². The van der Waals surface area contributed by atoms with E-state index in [1.807, 2.05) is 6.07 Å². The third-order valence-electron chi connectivity index (χ3n) is 5.72. The summed E-state index contributed by atoms with van der Waals surface area (Å²) in [5.74, 6) is 0.219. The second-order valence-electron chi connectivity index (χ2n) is 7.17. The van der Waals surface area contributed by atoms with Crippen LogP contribution in [0.15, 0.2) is 18.2 Å². The Morgan fingerprint density at radius 2 is 1.83 bits per heavy atom. The highest BCUT2D eigenvalue weighted by atomic mass is 16.2. The molecule has 2 fully saturated rings. The summed E-state index contributed by atoms with van der Waals surface area (Å²) in [7, 11) is 0. The average Bonchev–Trinajstić information content (AvgIpc) is 3.10. The highest BCUT2D eigenvalue weighted by Crippen LogP contribution is 2.25. The molecular formula is C19H27N3O. The maximum absolute atomic E-state index is 12.8. The molecule has 1 aromatic carbocycles. The molecule has 4 nitrogen and oxygen atoms in total. The summed E-state index contributed by atoms with van der Waals surface area (Å²) in [5, 5.41) is 3.36. The van der Waals surface area contributed by atoms with Gasteiger partial charge in [0.25, 0.3) is 5.91 Å². The largest absolute Gasteiger partial charge is 0.384 e. The Morgan fingerprint density at radius 1 is 1.04 bits per heavy atom. The Labute approximate surface area is 138 Å². The van der Waals surface area contributed by atoms with Crippen molar-refractivity contribution in [3.63, 3.8) is 0 Å². The van der Waals surface area contributed by atoms with E-state index in [0.29, 0.717) is 6.04 Å². The molecule has 4 rings (SSSR count). The highest BCUT2D eigenvalue weighted by molar-refractivity contribution is 5.95. The van der Waals surface area contributed by atoms with Crippen molar-refractivity contribution in [3.05, 3.63) is 29.3 Å². The molecule has 3 heterocycles. The minimum absolute atomic E-state index is 0.219. The van der Waals surface area contributed by atoms with Crippen LogP contribution in [-0.4, -0.2) is 54.5 Å². The third-order valence-corrected chi connectivity index (χ3v) is 5.72. The summed E-state index contributed by atoms with van der Waals surface area (Å²) >= 11 is 0. The normalized spacial score (nSPS) is 22.7. The van der Waals surface area contributed by atoms with Gasteiger partial charge >= 0.3 is 0 Å². The number of nitrogens with zero attached hydrogens (tertiary/aromatic N) is 2. The number of rotatable bonds is 2. The number of nitrogens with one attached hydrogen (secondary N) is 1. The predicted octanol–water partition coefficient (Wildman–Crippen LogP) is 2.75. The van der Waals surface area contributed by atoms with Crippen molar-refractivity contribution in [1.29, 1.82) is 0 Å². The van der Waals surface area contributed by atoms with Gasteiger partial charge in [0.05, 0.1) is 0 Å². The fourth-order valence-corrected chi connectivity index (χ4v) is 4.34. The second-order valence-corrected chi connectivity index (χ2v) is 7.17. The summed E-state index contributed by atoms with van der Waals surface area (Å²) in [6.45, 7) is 5.34. The van der Waals surface area contributed by atoms with Crippen LogP contribution in [0.4, 0.5) is 5.69 Å². The Balaban J connectivity index is 1.37. The van der Waals surface area contributed by atoms with Gasteiger partial charge in [-0.15, -0.1) is 0 Å². The van der Waals surface area contributed by atoms with Crippen LogP contribution >= 0.6 is 0 Å². The molecule has 124 valence electrons. The number of fused-ring (bicyclic) bond motifs is 1. The molecule has 0 unspecified atom stereocenters. The van der Waals surface area contributed by atoms with Crippen LogP contribution in [0.5, 0.6) is 0 Å². The number of hydrogen-bond acceptors (Lipinski definition) is 3. The van der Waals surface area contributed by atoms with E-state index >= 15 is 0 Å². The third kappa shape index (κ3) is 3.09. The monoisotopic (exact) mass is 313 g/mol. The van der Waals surface area contributed by atoms with Crippen LogP contribution < -0.4 is 5.32 Å². The van der Waals surface area contributed by atoms with E-state index in [1.165, 1.54) is 43.6 Å². The van der Waals surface area contributed by atoms with Gasteiger partial charge in [0.15, 0.2) is 0 Å². The van der Waals surface area contributed by atoms with E-state index in [4.69, 9.17) is 0 Å². The average molecular weight is 313 g/mol. The zero-order valence-electron chi connectivity index (χ0n) is 13.9. The predicted molar refractivity (Wildman–Crippen MR) is 93.0 cm³/mol. The molecule has 0 atom stereocenters. The van der Waals surface area contributed by atoms with E-state index in [1.54, 1.807) is 0 Å². The maximum Gasteiger partial charge on any atom is 0.253 e. The highest BCUT2D eigenvalue weighted by Gasteiger charge is 2.28. The van der Waals surface area contributed by atoms with Crippen molar-refractivity contribution < 1.29 is 4.79 Å². The molecule has 4 heteroatoms. The van der Waals surface area contributed by atoms with Crippen molar-refractivity contribution in [2.75, 3.05) is 38.0 Å². The summed E-state index contributed by atoms with van der Waals surface area (Å²) in [6, 6.07) is 6.84.